The van der Waals surface area contributed by atoms with Crippen molar-refractivity contribution in [3.05, 3.63) is 0 Å². The van der Waals surface area contributed by atoms with Gasteiger partial charge in [0.05, 0.1) is 5.16 Å². The molecule has 0 saturated carbocycles. The molecule has 0 spiro atoms. The lowest BCUT2D eigenvalue weighted by Crippen LogP contribution is -2.62. The van der Waals surface area contributed by atoms with Crippen LogP contribution in [0.15, 0.2) is 0 Å². The van der Waals surface area contributed by atoms with Crippen molar-refractivity contribution in [1.82, 2.24) is 0 Å². The molecule has 0 amide bonds. The molecule has 0 fully saturated rings. The summed E-state index contributed by atoms with van der Waals surface area (Å²) in [6.07, 6.45) is 18.1. The number of hydrogen-bond acceptors (Lipinski definition) is 6. The van der Waals surface area contributed by atoms with Gasteiger partial charge in [-0.15, -0.1) is 0 Å². The van der Waals surface area contributed by atoms with E-state index < -0.39 is 17.6 Å². The minimum atomic E-state index is -2.96. The highest BCUT2D eigenvalue weighted by atomic mass is 28.5. The summed E-state index contributed by atoms with van der Waals surface area (Å²) in [6.45, 7) is 2.27. The largest absolute Gasteiger partial charge is 0.507 e. The summed E-state index contributed by atoms with van der Waals surface area (Å²) in [5.41, 5.74) is 0. The van der Waals surface area contributed by atoms with Crippen LogP contribution < -0.4 is 0 Å². The quantitative estimate of drug-likeness (QED) is 0.141. The zero-order chi connectivity index (χ0) is 22.7. The fourth-order valence-corrected chi connectivity index (χ4v) is 12.0. The Morgan fingerprint density at radius 1 is 0.433 bits per heavy atom. The Kier molecular flexibility index (Phi) is 18.9. The predicted molar refractivity (Wildman–Crippen MR) is 128 cm³/mol. The van der Waals surface area contributed by atoms with Crippen molar-refractivity contribution in [2.75, 3.05) is 42.7 Å². The lowest BCUT2D eigenvalue weighted by molar-refractivity contribution is 0.0778. The molecule has 8 heteroatoms. The Bertz CT molecular complexity index is 342. The molecule has 182 valence electrons. The minimum absolute atomic E-state index is 0.141. The second-order valence-electron chi connectivity index (χ2n) is 8.02. The molecular weight excluding hydrogens is 416 g/mol. The van der Waals surface area contributed by atoms with Gasteiger partial charge in [0.15, 0.2) is 0 Å². The number of unbranched alkanes of at least 4 members (excludes halogenated alkanes) is 12. The smallest absolute Gasteiger partial charge is 0.377 e. The third-order valence-electron chi connectivity index (χ3n) is 6.16. The van der Waals surface area contributed by atoms with Gasteiger partial charge in [-0.2, -0.15) is 0 Å². The molecule has 0 aromatic rings. The Morgan fingerprint density at radius 3 is 0.967 bits per heavy atom. The van der Waals surface area contributed by atoms with E-state index in [0.717, 1.165) is 12.8 Å². The molecule has 0 saturated heterocycles. The van der Waals surface area contributed by atoms with Crippen LogP contribution in [-0.4, -0.2) is 60.3 Å². The van der Waals surface area contributed by atoms with Gasteiger partial charge < -0.3 is 26.6 Å². The van der Waals surface area contributed by atoms with Gasteiger partial charge in [-0.1, -0.05) is 90.4 Å². The molecule has 0 aromatic carbocycles. The maximum Gasteiger partial charge on any atom is 0.507 e. The first-order valence-corrected chi connectivity index (χ1v) is 15.5. The summed E-state index contributed by atoms with van der Waals surface area (Å²) in [5, 5.41) is -0.141. The Morgan fingerprint density at radius 2 is 0.700 bits per heavy atom. The molecule has 30 heavy (non-hydrogen) atoms. The second-order valence-corrected chi connectivity index (χ2v) is 14.9. The van der Waals surface area contributed by atoms with Crippen molar-refractivity contribution in [2.24, 2.45) is 0 Å². The van der Waals surface area contributed by atoms with E-state index in [2.05, 4.69) is 6.92 Å². The standard InChI is InChI=1S/C22H50O6Si2/c1-8-9-10-11-12-13-14-15-16-17-18-19-20-21-22(29(23-2,24-3)25-4)30(26-5,27-6)28-7/h22H,8-21H2,1-7H3. The monoisotopic (exact) mass is 466 g/mol. The van der Waals surface area contributed by atoms with Crippen LogP contribution >= 0.6 is 0 Å². The van der Waals surface area contributed by atoms with Crippen molar-refractivity contribution >= 4 is 17.6 Å². The summed E-state index contributed by atoms with van der Waals surface area (Å²) in [7, 11) is 3.89. The zero-order valence-corrected chi connectivity index (χ0v) is 22.9. The summed E-state index contributed by atoms with van der Waals surface area (Å²) < 4.78 is 34.6. The first-order valence-electron chi connectivity index (χ1n) is 11.9. The van der Waals surface area contributed by atoms with E-state index in [9.17, 15) is 0 Å². The van der Waals surface area contributed by atoms with E-state index in [4.69, 9.17) is 26.6 Å². The fourth-order valence-electron chi connectivity index (χ4n) is 4.29. The molecule has 0 aliphatic rings. The van der Waals surface area contributed by atoms with Gasteiger partial charge in [-0.05, 0) is 6.42 Å². The molecule has 0 aliphatic carbocycles. The molecule has 0 N–H and O–H groups in total. The van der Waals surface area contributed by atoms with Gasteiger partial charge in [-0.3, -0.25) is 0 Å². The first kappa shape index (κ1) is 30.2. The van der Waals surface area contributed by atoms with Crippen molar-refractivity contribution in [3.63, 3.8) is 0 Å². The normalized spacial score (nSPS) is 12.8. The molecule has 0 atom stereocenters. The van der Waals surface area contributed by atoms with Gasteiger partial charge in [-0.25, -0.2) is 0 Å². The first-order chi connectivity index (χ1) is 14.6. The Hall–Kier alpha value is 0.194. The average molecular weight is 467 g/mol. The number of hydrogen-bond donors (Lipinski definition) is 0. The predicted octanol–water partition coefficient (Wildman–Crippen LogP) is 6.13. The maximum atomic E-state index is 5.76. The van der Waals surface area contributed by atoms with Crippen molar-refractivity contribution < 1.29 is 26.6 Å². The molecule has 0 aliphatic heterocycles. The molecule has 0 bridgehead atoms. The minimum Gasteiger partial charge on any atom is -0.377 e. The summed E-state index contributed by atoms with van der Waals surface area (Å²) in [5.74, 6) is 0. The lowest BCUT2D eigenvalue weighted by atomic mass is 10.0. The molecule has 0 radical (unpaired) electrons. The van der Waals surface area contributed by atoms with Gasteiger partial charge >= 0.3 is 17.6 Å². The maximum absolute atomic E-state index is 5.76. The molecule has 6 nitrogen and oxygen atoms in total. The topological polar surface area (TPSA) is 55.4 Å². The third-order valence-corrected chi connectivity index (χ3v) is 14.0. The Labute approximate surface area is 189 Å². The van der Waals surface area contributed by atoms with E-state index in [0.29, 0.717) is 0 Å². The van der Waals surface area contributed by atoms with E-state index in [-0.39, 0.29) is 5.16 Å². The highest BCUT2D eigenvalue weighted by Crippen LogP contribution is 2.39. The van der Waals surface area contributed by atoms with E-state index in [1.807, 2.05) is 0 Å². The highest BCUT2D eigenvalue weighted by molar-refractivity contribution is 6.82. The highest BCUT2D eigenvalue weighted by Gasteiger charge is 2.63. The van der Waals surface area contributed by atoms with Gasteiger partial charge in [0.2, 0.25) is 0 Å². The Balaban J connectivity index is 4.30. The van der Waals surface area contributed by atoms with Crippen LogP contribution in [0.25, 0.3) is 0 Å². The van der Waals surface area contributed by atoms with E-state index in [1.54, 1.807) is 42.7 Å². The molecule has 0 aromatic heterocycles. The van der Waals surface area contributed by atoms with Gasteiger partial charge in [0, 0.05) is 42.7 Å². The number of rotatable bonds is 22. The van der Waals surface area contributed by atoms with Crippen molar-refractivity contribution in [2.45, 2.75) is 102 Å². The van der Waals surface area contributed by atoms with E-state index >= 15 is 0 Å². The SMILES string of the molecule is CCCCCCCCCCCCCCCC([Si](OC)(OC)OC)[Si](OC)(OC)OC. The van der Waals surface area contributed by atoms with E-state index in [1.165, 1.54) is 77.0 Å². The van der Waals surface area contributed by atoms with Crippen LogP contribution in [0, 0.1) is 0 Å². The summed E-state index contributed by atoms with van der Waals surface area (Å²) in [6, 6.07) is 0. The zero-order valence-electron chi connectivity index (χ0n) is 20.9. The van der Waals surface area contributed by atoms with Crippen LogP contribution in [0.3, 0.4) is 0 Å². The summed E-state index contributed by atoms with van der Waals surface area (Å²) >= 11 is 0. The van der Waals surface area contributed by atoms with Crippen LogP contribution in [0.1, 0.15) is 96.8 Å². The third kappa shape index (κ3) is 10.2. The van der Waals surface area contributed by atoms with Crippen molar-refractivity contribution in [3.8, 4) is 0 Å². The fraction of sp³-hybridized carbons (Fsp3) is 1.00. The van der Waals surface area contributed by atoms with Gasteiger partial charge in [0.25, 0.3) is 0 Å². The van der Waals surface area contributed by atoms with Crippen LogP contribution in [-0.2, 0) is 26.6 Å². The van der Waals surface area contributed by atoms with Crippen LogP contribution in [0.5, 0.6) is 0 Å². The summed E-state index contributed by atoms with van der Waals surface area (Å²) in [4.78, 5) is 0. The molecule has 0 heterocycles. The van der Waals surface area contributed by atoms with Gasteiger partial charge in [0.1, 0.15) is 0 Å². The van der Waals surface area contributed by atoms with Crippen LogP contribution in [0.4, 0.5) is 0 Å². The second kappa shape index (κ2) is 18.7. The average Bonchev–Trinajstić information content (AvgIpc) is 2.79. The van der Waals surface area contributed by atoms with Crippen molar-refractivity contribution in [1.29, 1.82) is 0 Å². The molecule has 0 rings (SSSR count). The molecule has 0 unspecified atom stereocenters. The van der Waals surface area contributed by atoms with Crippen LogP contribution in [0.2, 0.25) is 5.16 Å². The lowest BCUT2D eigenvalue weighted by Gasteiger charge is -2.39. The molecular formula is C22H50O6Si2.